The van der Waals surface area contributed by atoms with Gasteiger partial charge in [0, 0.05) is 12.6 Å². The van der Waals surface area contributed by atoms with Crippen molar-refractivity contribution in [3.8, 4) is 0 Å². The molecule has 4 heteroatoms. The van der Waals surface area contributed by atoms with Crippen molar-refractivity contribution in [1.29, 1.82) is 0 Å². The summed E-state index contributed by atoms with van der Waals surface area (Å²) < 4.78 is 5.36. The number of carbonyl (C=O) groups is 1. The van der Waals surface area contributed by atoms with Crippen LogP contribution in [0.3, 0.4) is 0 Å². The summed E-state index contributed by atoms with van der Waals surface area (Å²) >= 11 is 0. The molecule has 1 rings (SSSR count). The molecule has 0 aromatic carbocycles. The molecule has 1 heterocycles. The molecular formula is C14H28N2O2. The molecule has 106 valence electrons. The van der Waals surface area contributed by atoms with Crippen LogP contribution in [0.25, 0.3) is 0 Å². The number of carbonyl (C=O) groups excluding carboxylic acids is 1. The van der Waals surface area contributed by atoms with E-state index in [-0.39, 0.29) is 11.6 Å². The molecule has 18 heavy (non-hydrogen) atoms. The Balaban J connectivity index is 2.31. The second-order valence-corrected chi connectivity index (χ2v) is 6.11. The van der Waals surface area contributed by atoms with Gasteiger partial charge in [0.05, 0.1) is 6.54 Å². The number of nitrogens with zero attached hydrogens (tertiary/aromatic N) is 1. The van der Waals surface area contributed by atoms with Gasteiger partial charge in [-0.25, -0.2) is 0 Å². The van der Waals surface area contributed by atoms with Crippen molar-refractivity contribution in [2.45, 2.75) is 58.6 Å². The first-order valence-electron chi connectivity index (χ1n) is 7.08. The summed E-state index contributed by atoms with van der Waals surface area (Å²) in [6.45, 7) is 11.3. The van der Waals surface area contributed by atoms with Crippen molar-refractivity contribution in [2.75, 3.05) is 26.2 Å². The number of rotatable bonds is 5. The maximum atomic E-state index is 11.8. The Morgan fingerprint density at radius 1 is 1.44 bits per heavy atom. The van der Waals surface area contributed by atoms with Gasteiger partial charge in [-0.2, -0.15) is 0 Å². The van der Waals surface area contributed by atoms with E-state index in [4.69, 9.17) is 4.74 Å². The number of piperidine rings is 1. The molecule has 0 amide bonds. The molecule has 0 radical (unpaired) electrons. The van der Waals surface area contributed by atoms with Crippen molar-refractivity contribution in [1.82, 2.24) is 10.2 Å². The second-order valence-electron chi connectivity index (χ2n) is 6.11. The highest BCUT2D eigenvalue weighted by Gasteiger charge is 2.23. The Morgan fingerprint density at radius 3 is 2.78 bits per heavy atom. The highest BCUT2D eigenvalue weighted by Crippen LogP contribution is 2.12. The lowest BCUT2D eigenvalue weighted by Gasteiger charge is -2.33. The van der Waals surface area contributed by atoms with Gasteiger partial charge in [-0.15, -0.1) is 0 Å². The second kappa shape index (κ2) is 7.10. The van der Waals surface area contributed by atoms with Crippen LogP contribution in [0, 0.1) is 0 Å². The number of ether oxygens (including phenoxy) is 1. The van der Waals surface area contributed by atoms with Gasteiger partial charge in [0.15, 0.2) is 0 Å². The summed E-state index contributed by atoms with van der Waals surface area (Å²) in [5.74, 6) is -0.112. The fourth-order valence-electron chi connectivity index (χ4n) is 2.27. The molecule has 1 atom stereocenters. The minimum absolute atomic E-state index is 0.112. The molecule has 1 N–H and O–H groups in total. The summed E-state index contributed by atoms with van der Waals surface area (Å²) in [4.78, 5) is 14.0. The van der Waals surface area contributed by atoms with Gasteiger partial charge in [-0.3, -0.25) is 9.69 Å². The zero-order chi connectivity index (χ0) is 13.6. The highest BCUT2D eigenvalue weighted by atomic mass is 16.6. The van der Waals surface area contributed by atoms with E-state index in [9.17, 15) is 4.79 Å². The molecule has 0 spiro atoms. The van der Waals surface area contributed by atoms with E-state index in [1.54, 1.807) is 0 Å². The normalized spacial score (nSPS) is 21.9. The smallest absolute Gasteiger partial charge is 0.320 e. The first-order chi connectivity index (χ1) is 8.40. The molecule has 0 saturated carbocycles. The fraction of sp³-hybridized carbons (Fsp3) is 0.929. The Hall–Kier alpha value is -0.610. The monoisotopic (exact) mass is 256 g/mol. The number of nitrogens with one attached hydrogen (secondary N) is 1. The van der Waals surface area contributed by atoms with Gasteiger partial charge >= 0.3 is 5.97 Å². The predicted octanol–water partition coefficient (Wildman–Crippen LogP) is 1.79. The lowest BCUT2D eigenvalue weighted by molar-refractivity contribution is -0.156. The standard InChI is InChI=1S/C14H28N2O2/c1-5-8-15-12-7-6-9-16(10-12)11-13(17)18-14(2,3)4/h12,15H,5-11H2,1-4H3. The molecule has 0 aliphatic carbocycles. The Kier molecular flexibility index (Phi) is 6.09. The minimum atomic E-state index is -0.382. The van der Waals surface area contributed by atoms with Gasteiger partial charge < -0.3 is 10.1 Å². The van der Waals surface area contributed by atoms with Gasteiger partial charge in [0.25, 0.3) is 0 Å². The number of hydrogen-bond donors (Lipinski definition) is 1. The van der Waals surface area contributed by atoms with Gasteiger partial charge in [-0.05, 0) is 53.1 Å². The van der Waals surface area contributed by atoms with Crippen molar-refractivity contribution in [3.05, 3.63) is 0 Å². The van der Waals surface area contributed by atoms with Crippen LogP contribution in [0.2, 0.25) is 0 Å². The van der Waals surface area contributed by atoms with E-state index in [0.717, 1.165) is 32.5 Å². The molecule has 1 aliphatic rings. The first kappa shape index (κ1) is 15.4. The Morgan fingerprint density at radius 2 is 2.17 bits per heavy atom. The van der Waals surface area contributed by atoms with Crippen LogP contribution in [0.4, 0.5) is 0 Å². The molecule has 1 saturated heterocycles. The van der Waals surface area contributed by atoms with Crippen LogP contribution >= 0.6 is 0 Å². The van der Waals surface area contributed by atoms with Gasteiger partial charge in [0.2, 0.25) is 0 Å². The lowest BCUT2D eigenvalue weighted by Crippen LogP contribution is -2.48. The molecular weight excluding hydrogens is 228 g/mol. The van der Waals surface area contributed by atoms with E-state index in [0.29, 0.717) is 12.6 Å². The van der Waals surface area contributed by atoms with E-state index in [2.05, 4.69) is 17.1 Å². The molecule has 0 aromatic heterocycles. The SMILES string of the molecule is CCCNC1CCCN(CC(=O)OC(C)(C)C)C1. The molecule has 0 aromatic rings. The number of esters is 1. The first-order valence-corrected chi connectivity index (χ1v) is 7.08. The molecule has 1 aliphatic heterocycles. The zero-order valence-electron chi connectivity index (χ0n) is 12.3. The summed E-state index contributed by atoms with van der Waals surface area (Å²) in [6, 6.07) is 0.529. The summed E-state index contributed by atoms with van der Waals surface area (Å²) in [6.07, 6.45) is 3.53. The Labute approximate surface area is 111 Å². The van der Waals surface area contributed by atoms with Crippen molar-refractivity contribution < 1.29 is 9.53 Å². The van der Waals surface area contributed by atoms with Crippen LogP contribution in [0.15, 0.2) is 0 Å². The van der Waals surface area contributed by atoms with Gasteiger partial charge in [-0.1, -0.05) is 6.92 Å². The lowest BCUT2D eigenvalue weighted by atomic mass is 10.1. The van der Waals surface area contributed by atoms with Crippen LogP contribution in [0.5, 0.6) is 0 Å². The molecule has 1 unspecified atom stereocenters. The Bertz CT molecular complexity index is 261. The highest BCUT2D eigenvalue weighted by molar-refractivity contribution is 5.72. The molecule has 4 nitrogen and oxygen atoms in total. The third-order valence-electron chi connectivity index (χ3n) is 2.96. The maximum absolute atomic E-state index is 11.8. The summed E-state index contributed by atoms with van der Waals surface area (Å²) in [5.41, 5.74) is -0.382. The van der Waals surface area contributed by atoms with Crippen LogP contribution < -0.4 is 5.32 Å². The van der Waals surface area contributed by atoms with E-state index >= 15 is 0 Å². The van der Waals surface area contributed by atoms with E-state index in [1.807, 2.05) is 20.8 Å². The topological polar surface area (TPSA) is 41.6 Å². The summed E-state index contributed by atoms with van der Waals surface area (Å²) in [7, 11) is 0. The third kappa shape index (κ3) is 6.36. The minimum Gasteiger partial charge on any atom is -0.459 e. The number of likely N-dealkylation sites (tertiary alicyclic amines) is 1. The van der Waals surface area contributed by atoms with Crippen molar-refractivity contribution >= 4 is 5.97 Å². The molecule has 0 bridgehead atoms. The summed E-state index contributed by atoms with van der Waals surface area (Å²) in [5, 5.41) is 3.53. The zero-order valence-corrected chi connectivity index (χ0v) is 12.3. The predicted molar refractivity (Wildman–Crippen MR) is 73.6 cm³/mol. The van der Waals surface area contributed by atoms with Crippen molar-refractivity contribution in [3.63, 3.8) is 0 Å². The van der Waals surface area contributed by atoms with Crippen LogP contribution in [0.1, 0.15) is 47.0 Å². The largest absolute Gasteiger partial charge is 0.459 e. The molecule has 1 fully saturated rings. The van der Waals surface area contributed by atoms with E-state index < -0.39 is 0 Å². The van der Waals surface area contributed by atoms with E-state index in [1.165, 1.54) is 6.42 Å². The third-order valence-corrected chi connectivity index (χ3v) is 2.96. The van der Waals surface area contributed by atoms with Crippen LogP contribution in [-0.2, 0) is 9.53 Å². The van der Waals surface area contributed by atoms with Gasteiger partial charge in [0.1, 0.15) is 5.60 Å². The number of hydrogen-bond acceptors (Lipinski definition) is 4. The maximum Gasteiger partial charge on any atom is 0.320 e. The quantitative estimate of drug-likeness (QED) is 0.762. The average molecular weight is 256 g/mol. The van der Waals surface area contributed by atoms with Crippen LogP contribution in [-0.4, -0.2) is 48.7 Å². The fourth-order valence-corrected chi connectivity index (χ4v) is 2.27. The van der Waals surface area contributed by atoms with Crippen molar-refractivity contribution in [2.24, 2.45) is 0 Å². The average Bonchev–Trinajstić information content (AvgIpc) is 2.24.